The quantitative estimate of drug-likeness (QED) is 0.373. The Balaban J connectivity index is 1.62. The lowest BCUT2D eigenvalue weighted by molar-refractivity contribution is 0.0955. The van der Waals surface area contributed by atoms with Crippen molar-refractivity contribution in [3.8, 4) is 16.3 Å². The zero-order chi connectivity index (χ0) is 19.3. The molecule has 0 atom stereocenters. The minimum atomic E-state index is -0.367. The molecule has 0 saturated heterocycles. The highest BCUT2D eigenvalue weighted by Gasteiger charge is 2.12. The number of nitrogens with one attached hydrogen (secondary N) is 1. The molecule has 5 nitrogen and oxygen atoms in total. The number of hydrogen-bond acceptors (Lipinski definition) is 4. The third-order valence-electron chi connectivity index (χ3n) is 4.01. The summed E-state index contributed by atoms with van der Waals surface area (Å²) in [4.78, 5) is 12.3. The lowest BCUT2D eigenvalue weighted by Gasteiger charge is -2.01. The molecule has 0 bridgehead atoms. The van der Waals surface area contributed by atoms with Gasteiger partial charge in [-0.2, -0.15) is 10.2 Å². The van der Waals surface area contributed by atoms with Crippen molar-refractivity contribution in [1.29, 1.82) is 0 Å². The monoisotopic (exact) mass is 406 g/mol. The maximum atomic E-state index is 12.3. The molecule has 0 unspecified atom stereocenters. The third kappa shape index (κ3) is 3.88. The van der Waals surface area contributed by atoms with Gasteiger partial charge in [-0.1, -0.05) is 54.1 Å². The Morgan fingerprint density at radius 2 is 1.86 bits per heavy atom. The fraction of sp³-hybridized carbons (Fsp3) is 0. The molecule has 2 aromatic heterocycles. The molecule has 0 aliphatic carbocycles. The molecule has 2 aromatic carbocycles. The summed E-state index contributed by atoms with van der Waals surface area (Å²) in [5, 5.41) is 12.2. The number of carbonyl (C=O) groups excluding carboxylic acids is 1. The number of aromatic nitrogens is 2. The Labute approximate surface area is 170 Å². The van der Waals surface area contributed by atoms with Crippen LogP contribution in [-0.4, -0.2) is 21.9 Å². The molecule has 0 fully saturated rings. The van der Waals surface area contributed by atoms with Crippen LogP contribution in [0.4, 0.5) is 0 Å². The predicted octanol–water partition coefficient (Wildman–Crippen LogP) is 5.02. The first-order chi connectivity index (χ1) is 13.7. The molecule has 4 aromatic rings. The van der Waals surface area contributed by atoms with Gasteiger partial charge in [-0.25, -0.2) is 10.1 Å². The van der Waals surface area contributed by atoms with E-state index in [0.29, 0.717) is 10.6 Å². The topological polar surface area (TPSA) is 59.3 Å². The van der Waals surface area contributed by atoms with E-state index in [1.54, 1.807) is 41.8 Å². The Bertz CT molecular complexity index is 1120. The van der Waals surface area contributed by atoms with Gasteiger partial charge >= 0.3 is 0 Å². The van der Waals surface area contributed by atoms with E-state index in [4.69, 9.17) is 16.7 Å². The summed E-state index contributed by atoms with van der Waals surface area (Å²) < 4.78 is 1.81. The first-order valence-electron chi connectivity index (χ1n) is 8.49. The molecule has 1 N–H and O–H groups in total. The van der Waals surface area contributed by atoms with E-state index in [2.05, 4.69) is 10.5 Å². The van der Waals surface area contributed by atoms with Crippen LogP contribution >= 0.6 is 22.9 Å². The van der Waals surface area contributed by atoms with Crippen molar-refractivity contribution >= 4 is 35.1 Å². The second kappa shape index (κ2) is 8.21. The molecule has 2 heterocycles. The second-order valence-corrected chi connectivity index (χ2v) is 7.21. The summed E-state index contributed by atoms with van der Waals surface area (Å²) in [7, 11) is 0. The maximum absolute atomic E-state index is 12.3. The van der Waals surface area contributed by atoms with Crippen molar-refractivity contribution in [3.05, 3.63) is 94.5 Å². The lowest BCUT2D eigenvalue weighted by Crippen LogP contribution is -2.17. The first kappa shape index (κ1) is 18.2. The number of carbonyl (C=O) groups is 1. The van der Waals surface area contributed by atoms with Gasteiger partial charge in [-0.15, -0.1) is 11.3 Å². The van der Waals surface area contributed by atoms with Gasteiger partial charge < -0.3 is 0 Å². The van der Waals surface area contributed by atoms with E-state index in [1.807, 2.05) is 58.7 Å². The van der Waals surface area contributed by atoms with Gasteiger partial charge in [-0.3, -0.25) is 4.79 Å². The number of thiophene rings is 1. The number of nitrogens with zero attached hydrogens (tertiary/aromatic N) is 3. The number of benzene rings is 2. The highest BCUT2D eigenvalue weighted by Crippen LogP contribution is 2.24. The highest BCUT2D eigenvalue weighted by atomic mass is 35.5. The van der Waals surface area contributed by atoms with Crippen molar-refractivity contribution in [2.45, 2.75) is 0 Å². The summed E-state index contributed by atoms with van der Waals surface area (Å²) in [5.41, 5.74) is 5.44. The molecular weight excluding hydrogens is 392 g/mol. The Kier molecular flexibility index (Phi) is 5.32. The normalized spacial score (nSPS) is 11.0. The third-order valence-corrected chi connectivity index (χ3v) is 5.20. The van der Waals surface area contributed by atoms with Gasteiger partial charge in [0, 0.05) is 17.3 Å². The Morgan fingerprint density at radius 3 is 2.61 bits per heavy atom. The second-order valence-electron chi connectivity index (χ2n) is 5.87. The predicted molar refractivity (Wildman–Crippen MR) is 113 cm³/mol. The molecular formula is C21H15ClN4OS. The van der Waals surface area contributed by atoms with Crippen LogP contribution in [0.2, 0.25) is 5.02 Å². The average molecular weight is 407 g/mol. The number of hydrazone groups is 1. The summed E-state index contributed by atoms with van der Waals surface area (Å²) >= 11 is 7.65. The average Bonchev–Trinajstić information content (AvgIpc) is 3.39. The zero-order valence-electron chi connectivity index (χ0n) is 14.6. The Morgan fingerprint density at radius 1 is 1.07 bits per heavy atom. The van der Waals surface area contributed by atoms with Crippen molar-refractivity contribution in [2.24, 2.45) is 5.10 Å². The zero-order valence-corrected chi connectivity index (χ0v) is 16.2. The molecule has 0 radical (unpaired) electrons. The minimum Gasteiger partial charge on any atom is -0.267 e. The van der Waals surface area contributed by atoms with E-state index >= 15 is 0 Å². The first-order valence-corrected chi connectivity index (χ1v) is 9.75. The summed E-state index contributed by atoms with van der Waals surface area (Å²) in [6, 6.07) is 20.7. The molecule has 1 amide bonds. The lowest BCUT2D eigenvalue weighted by atomic mass is 10.1. The van der Waals surface area contributed by atoms with Crippen LogP contribution < -0.4 is 5.43 Å². The standard InChI is InChI=1S/C21H15ClN4OS/c22-18-10-5-4-9-17(18)21(27)24-23-13-16-14-26(19-11-6-12-28-19)25-20(16)15-7-2-1-3-8-15/h1-14H,(H,24,27). The van der Waals surface area contributed by atoms with Gasteiger partial charge in [0.05, 0.1) is 16.8 Å². The van der Waals surface area contributed by atoms with Gasteiger partial charge in [-0.05, 0) is 29.6 Å². The molecule has 7 heteroatoms. The largest absolute Gasteiger partial charge is 0.272 e. The highest BCUT2D eigenvalue weighted by molar-refractivity contribution is 7.12. The molecule has 0 spiro atoms. The van der Waals surface area contributed by atoms with Crippen LogP contribution in [0.3, 0.4) is 0 Å². The number of rotatable bonds is 5. The number of amides is 1. The van der Waals surface area contributed by atoms with Crippen LogP contribution in [-0.2, 0) is 0 Å². The minimum absolute atomic E-state index is 0.367. The van der Waals surface area contributed by atoms with Gasteiger partial charge in [0.2, 0.25) is 0 Å². The summed E-state index contributed by atoms with van der Waals surface area (Å²) in [5.74, 6) is -0.367. The molecule has 28 heavy (non-hydrogen) atoms. The SMILES string of the molecule is O=C(NN=Cc1cn(-c2cccs2)nc1-c1ccccc1)c1ccccc1Cl. The van der Waals surface area contributed by atoms with E-state index in [0.717, 1.165) is 21.8 Å². The van der Waals surface area contributed by atoms with Crippen molar-refractivity contribution in [1.82, 2.24) is 15.2 Å². The molecule has 138 valence electrons. The van der Waals surface area contributed by atoms with Crippen LogP contribution in [0.15, 0.2) is 83.4 Å². The van der Waals surface area contributed by atoms with E-state index in [-0.39, 0.29) is 5.91 Å². The van der Waals surface area contributed by atoms with Crippen molar-refractivity contribution in [2.75, 3.05) is 0 Å². The van der Waals surface area contributed by atoms with Crippen LogP contribution in [0.5, 0.6) is 0 Å². The van der Waals surface area contributed by atoms with Crippen LogP contribution in [0.25, 0.3) is 16.3 Å². The van der Waals surface area contributed by atoms with E-state index < -0.39 is 0 Å². The maximum Gasteiger partial charge on any atom is 0.272 e. The van der Waals surface area contributed by atoms with Gasteiger partial charge in [0.1, 0.15) is 10.7 Å². The fourth-order valence-electron chi connectivity index (χ4n) is 2.68. The van der Waals surface area contributed by atoms with Gasteiger partial charge in [0.15, 0.2) is 0 Å². The van der Waals surface area contributed by atoms with Crippen molar-refractivity contribution < 1.29 is 4.79 Å². The Hall–Kier alpha value is -3.22. The molecule has 4 rings (SSSR count). The molecule has 0 aliphatic rings. The summed E-state index contributed by atoms with van der Waals surface area (Å²) in [6.45, 7) is 0. The summed E-state index contributed by atoms with van der Waals surface area (Å²) in [6.07, 6.45) is 3.48. The molecule has 0 saturated carbocycles. The number of hydrogen-bond donors (Lipinski definition) is 1. The van der Waals surface area contributed by atoms with Crippen molar-refractivity contribution in [3.63, 3.8) is 0 Å². The smallest absolute Gasteiger partial charge is 0.267 e. The van der Waals surface area contributed by atoms with Crippen LogP contribution in [0.1, 0.15) is 15.9 Å². The van der Waals surface area contributed by atoms with E-state index in [9.17, 15) is 4.79 Å². The number of halogens is 1. The van der Waals surface area contributed by atoms with E-state index in [1.165, 1.54) is 0 Å². The van der Waals surface area contributed by atoms with Gasteiger partial charge in [0.25, 0.3) is 5.91 Å². The fourth-order valence-corrected chi connectivity index (χ4v) is 3.56. The van der Waals surface area contributed by atoms with Crippen LogP contribution in [0, 0.1) is 0 Å². The molecule has 0 aliphatic heterocycles.